The van der Waals surface area contributed by atoms with Crippen LogP contribution in [0.5, 0.6) is 0 Å². The molecule has 2 aromatic heterocycles. The summed E-state index contributed by atoms with van der Waals surface area (Å²) in [5, 5.41) is 24.1. The van der Waals surface area contributed by atoms with Gasteiger partial charge < -0.3 is 15.5 Å². The van der Waals surface area contributed by atoms with Gasteiger partial charge in [0, 0.05) is 17.8 Å². The smallest absolute Gasteiger partial charge is 0.306 e. The zero-order chi connectivity index (χ0) is 23.2. The van der Waals surface area contributed by atoms with Crippen LogP contribution >= 0.6 is 11.3 Å². The Morgan fingerprint density at radius 2 is 1.91 bits per heavy atom. The second kappa shape index (κ2) is 8.46. The number of anilines is 2. The van der Waals surface area contributed by atoms with E-state index in [1.54, 1.807) is 6.20 Å². The van der Waals surface area contributed by atoms with Gasteiger partial charge in [-0.25, -0.2) is 19.3 Å². The first-order valence-electron chi connectivity index (χ1n) is 11.1. The van der Waals surface area contributed by atoms with E-state index in [0.717, 1.165) is 34.5 Å². The van der Waals surface area contributed by atoms with Crippen molar-refractivity contribution >= 4 is 28.9 Å². The van der Waals surface area contributed by atoms with Crippen LogP contribution in [0.4, 0.5) is 16.0 Å². The number of carbonyl (C=O) groups is 1. The summed E-state index contributed by atoms with van der Waals surface area (Å²) in [6.45, 7) is 1.98. The number of thiazole rings is 1. The number of benzene rings is 1. The lowest BCUT2D eigenvalue weighted by Gasteiger charge is -2.32. The summed E-state index contributed by atoms with van der Waals surface area (Å²) in [4.78, 5) is 25.1. The molecule has 2 saturated carbocycles. The standard InChI is InChI=1S/C24H25FN4O3S/c1-13-8-16(10-17(9-13)28-23-27-11-18(25)20(29-23)14-2-3-14)19-12-26-22(33-19)24(32)6-4-15(5-7-24)21(30)31/h8-12,14-15,32H,2-7H2,1H3,(H,30,31)(H,27,28,29). The van der Waals surface area contributed by atoms with Crippen LogP contribution in [0.15, 0.2) is 30.6 Å². The molecule has 3 aromatic rings. The molecule has 2 heterocycles. The highest BCUT2D eigenvalue weighted by Gasteiger charge is 2.39. The van der Waals surface area contributed by atoms with Crippen molar-refractivity contribution in [1.29, 1.82) is 0 Å². The van der Waals surface area contributed by atoms with Crippen molar-refractivity contribution in [3.63, 3.8) is 0 Å². The molecular weight excluding hydrogens is 443 g/mol. The minimum absolute atomic E-state index is 0.189. The first-order valence-corrected chi connectivity index (χ1v) is 12.0. The number of carboxylic acids is 1. The van der Waals surface area contributed by atoms with E-state index < -0.39 is 17.5 Å². The third-order valence-electron chi connectivity index (χ3n) is 6.42. The van der Waals surface area contributed by atoms with Gasteiger partial charge in [-0.3, -0.25) is 4.79 Å². The van der Waals surface area contributed by atoms with E-state index in [1.807, 2.05) is 25.1 Å². The fourth-order valence-electron chi connectivity index (χ4n) is 4.39. The van der Waals surface area contributed by atoms with Crippen LogP contribution in [0.2, 0.25) is 0 Å². The Morgan fingerprint density at radius 1 is 1.15 bits per heavy atom. The SMILES string of the molecule is Cc1cc(Nc2ncc(F)c(C3CC3)n2)cc(-c2cnc(C3(O)CCC(C(=O)O)CC3)s2)c1. The minimum Gasteiger partial charge on any atom is -0.481 e. The van der Waals surface area contributed by atoms with Crippen molar-refractivity contribution in [1.82, 2.24) is 15.0 Å². The summed E-state index contributed by atoms with van der Waals surface area (Å²) in [5.74, 6) is -1.01. The normalized spacial score (nSPS) is 22.8. The summed E-state index contributed by atoms with van der Waals surface area (Å²) < 4.78 is 14.0. The number of aromatic nitrogens is 3. The third kappa shape index (κ3) is 4.60. The van der Waals surface area contributed by atoms with Gasteiger partial charge in [-0.05, 0) is 68.7 Å². The van der Waals surface area contributed by atoms with Crippen LogP contribution in [0.3, 0.4) is 0 Å². The van der Waals surface area contributed by atoms with Gasteiger partial charge in [0.2, 0.25) is 5.95 Å². The van der Waals surface area contributed by atoms with Crippen molar-refractivity contribution < 1.29 is 19.4 Å². The number of halogens is 1. The molecule has 0 unspecified atom stereocenters. The van der Waals surface area contributed by atoms with Crippen molar-refractivity contribution in [3.8, 4) is 10.4 Å². The fourth-order valence-corrected chi connectivity index (χ4v) is 5.44. The van der Waals surface area contributed by atoms with Gasteiger partial charge in [-0.1, -0.05) is 6.07 Å². The molecule has 2 aliphatic carbocycles. The van der Waals surface area contributed by atoms with Gasteiger partial charge in [0.15, 0.2) is 5.82 Å². The summed E-state index contributed by atoms with van der Waals surface area (Å²) in [5.41, 5.74) is 2.14. The van der Waals surface area contributed by atoms with Crippen molar-refractivity contribution in [2.75, 3.05) is 5.32 Å². The molecule has 0 spiro atoms. The number of rotatable bonds is 6. The molecule has 5 rings (SSSR count). The second-order valence-corrected chi connectivity index (χ2v) is 10.1. The van der Waals surface area contributed by atoms with Gasteiger partial charge in [0.05, 0.1) is 22.7 Å². The van der Waals surface area contributed by atoms with E-state index in [4.69, 9.17) is 0 Å². The van der Waals surface area contributed by atoms with Gasteiger partial charge in [0.25, 0.3) is 0 Å². The fraction of sp³-hybridized carbons (Fsp3) is 0.417. The molecule has 0 saturated heterocycles. The van der Waals surface area contributed by atoms with Gasteiger partial charge >= 0.3 is 5.97 Å². The van der Waals surface area contributed by atoms with E-state index in [2.05, 4.69) is 20.3 Å². The second-order valence-electron chi connectivity index (χ2n) is 9.09. The third-order valence-corrected chi connectivity index (χ3v) is 7.66. The molecule has 0 radical (unpaired) electrons. The van der Waals surface area contributed by atoms with Crippen molar-refractivity contribution in [2.45, 2.75) is 57.0 Å². The van der Waals surface area contributed by atoms with Crippen LogP contribution in [0.1, 0.15) is 60.7 Å². The lowest BCUT2D eigenvalue weighted by Crippen LogP contribution is -2.33. The Hall–Kier alpha value is -2.91. The van der Waals surface area contributed by atoms with E-state index in [-0.39, 0.29) is 11.7 Å². The number of nitrogens with zero attached hydrogens (tertiary/aromatic N) is 3. The van der Waals surface area contributed by atoms with Crippen LogP contribution in [0.25, 0.3) is 10.4 Å². The average Bonchev–Trinajstić information content (AvgIpc) is 3.49. The number of aliphatic hydroxyl groups is 1. The molecule has 1 aromatic carbocycles. The zero-order valence-electron chi connectivity index (χ0n) is 18.2. The largest absolute Gasteiger partial charge is 0.481 e. The Labute approximate surface area is 194 Å². The van der Waals surface area contributed by atoms with Gasteiger partial charge in [0.1, 0.15) is 10.6 Å². The zero-order valence-corrected chi connectivity index (χ0v) is 19.0. The molecule has 0 amide bonds. The Bertz CT molecular complexity index is 1200. The number of nitrogens with one attached hydrogen (secondary N) is 1. The van der Waals surface area contributed by atoms with E-state index in [9.17, 15) is 19.4 Å². The molecule has 0 bridgehead atoms. The summed E-state index contributed by atoms with van der Waals surface area (Å²) in [6.07, 6.45) is 6.55. The topological polar surface area (TPSA) is 108 Å². The first-order chi connectivity index (χ1) is 15.8. The van der Waals surface area contributed by atoms with E-state index in [0.29, 0.717) is 42.3 Å². The molecular formula is C24H25FN4O3S. The molecule has 0 atom stereocenters. The summed E-state index contributed by atoms with van der Waals surface area (Å²) >= 11 is 1.42. The van der Waals surface area contributed by atoms with Crippen LogP contribution in [-0.4, -0.2) is 31.1 Å². The monoisotopic (exact) mass is 468 g/mol. The van der Waals surface area contributed by atoms with E-state index >= 15 is 0 Å². The molecule has 2 fully saturated rings. The van der Waals surface area contributed by atoms with Crippen molar-refractivity contribution in [3.05, 3.63) is 52.7 Å². The molecule has 3 N–H and O–H groups in total. The summed E-state index contributed by atoms with van der Waals surface area (Å²) in [7, 11) is 0. The highest BCUT2D eigenvalue weighted by Crippen LogP contribution is 2.43. The molecule has 172 valence electrons. The maximum atomic E-state index is 14.0. The van der Waals surface area contributed by atoms with E-state index in [1.165, 1.54) is 17.5 Å². The molecule has 9 heteroatoms. The molecule has 2 aliphatic rings. The number of aryl methyl sites for hydroxylation is 1. The predicted molar refractivity (Wildman–Crippen MR) is 123 cm³/mol. The van der Waals surface area contributed by atoms with Crippen molar-refractivity contribution in [2.24, 2.45) is 5.92 Å². The van der Waals surface area contributed by atoms with Gasteiger partial charge in [-0.15, -0.1) is 11.3 Å². The van der Waals surface area contributed by atoms with Crippen LogP contribution < -0.4 is 5.32 Å². The lowest BCUT2D eigenvalue weighted by atomic mass is 9.79. The Morgan fingerprint density at radius 3 is 2.61 bits per heavy atom. The lowest BCUT2D eigenvalue weighted by molar-refractivity contribution is -0.145. The van der Waals surface area contributed by atoms with Gasteiger partial charge in [-0.2, -0.15) is 0 Å². The summed E-state index contributed by atoms with van der Waals surface area (Å²) in [6, 6.07) is 5.96. The average molecular weight is 469 g/mol. The Balaban J connectivity index is 1.36. The molecule has 33 heavy (non-hydrogen) atoms. The first kappa shape index (κ1) is 21.9. The minimum atomic E-state index is -1.08. The van der Waals surface area contributed by atoms with Crippen LogP contribution in [-0.2, 0) is 10.4 Å². The predicted octanol–water partition coefficient (Wildman–Crippen LogP) is 5.13. The number of aliphatic carboxylic acids is 1. The number of hydrogen-bond acceptors (Lipinski definition) is 7. The quantitative estimate of drug-likeness (QED) is 0.460. The highest BCUT2D eigenvalue weighted by molar-refractivity contribution is 7.15. The Kier molecular flexibility index (Phi) is 5.62. The molecule has 0 aliphatic heterocycles. The van der Waals surface area contributed by atoms with Crippen LogP contribution in [0, 0.1) is 18.7 Å². The maximum absolute atomic E-state index is 14.0. The highest BCUT2D eigenvalue weighted by atomic mass is 32.1. The maximum Gasteiger partial charge on any atom is 0.306 e. The number of carboxylic acid groups (broad SMARTS) is 1. The molecule has 7 nitrogen and oxygen atoms in total. The number of hydrogen-bond donors (Lipinski definition) is 3.